The van der Waals surface area contributed by atoms with Crippen LogP contribution in [0.5, 0.6) is 5.75 Å². The summed E-state index contributed by atoms with van der Waals surface area (Å²) in [6.07, 6.45) is 0. The van der Waals surface area contributed by atoms with Crippen LogP contribution in [0.3, 0.4) is 0 Å². The maximum atomic E-state index is 5.93. The number of hydrogen-bond acceptors (Lipinski definition) is 4. The second kappa shape index (κ2) is 9.69. The summed E-state index contributed by atoms with van der Waals surface area (Å²) < 4.78 is 5.85. The Hall–Kier alpha value is -3.28. The van der Waals surface area contributed by atoms with Gasteiger partial charge in [0.05, 0.1) is 11.0 Å². The average molecular weight is 459 g/mol. The molecule has 0 atom stereocenters. The van der Waals surface area contributed by atoms with Crippen LogP contribution in [0.25, 0.3) is 22.4 Å². The molecular weight excluding hydrogens is 432 g/mol. The first-order valence-electron chi connectivity index (χ1n) is 11.2. The summed E-state index contributed by atoms with van der Waals surface area (Å²) in [7, 11) is 0. The van der Waals surface area contributed by atoms with Crippen LogP contribution < -0.4 is 4.74 Å². The molecule has 1 N–H and O–H groups in total. The standard InChI is InChI=1S/C27H27ClN4O/c1-20(19-33-24-10-8-23(28)9-11-24)32-15-13-31(14-16-32)18-21-7-12-25-26(17-21)30-27(29-25)22-5-3-2-4-6-22/h2-12,17H,1,13-16,18-19H2,(H,29,30). The largest absolute Gasteiger partial charge is 0.487 e. The van der Waals surface area contributed by atoms with E-state index < -0.39 is 0 Å². The Bertz CT molecular complexity index is 1230. The van der Waals surface area contributed by atoms with Gasteiger partial charge in [-0.1, -0.05) is 54.6 Å². The van der Waals surface area contributed by atoms with E-state index in [1.165, 1.54) is 5.56 Å². The van der Waals surface area contributed by atoms with Crippen molar-refractivity contribution in [1.82, 2.24) is 19.8 Å². The number of piperazine rings is 1. The number of fused-ring (bicyclic) bond motifs is 1. The number of aromatic amines is 1. The molecule has 6 heteroatoms. The average Bonchev–Trinajstić information content (AvgIpc) is 3.28. The Morgan fingerprint density at radius 3 is 2.48 bits per heavy atom. The lowest BCUT2D eigenvalue weighted by atomic mass is 10.1. The summed E-state index contributed by atoms with van der Waals surface area (Å²) in [6, 6.07) is 24.2. The van der Waals surface area contributed by atoms with Crippen LogP contribution in [0.4, 0.5) is 0 Å². The monoisotopic (exact) mass is 458 g/mol. The minimum atomic E-state index is 0.488. The Morgan fingerprint density at radius 1 is 0.970 bits per heavy atom. The molecule has 5 rings (SSSR count). The zero-order valence-corrected chi connectivity index (χ0v) is 19.3. The van der Waals surface area contributed by atoms with E-state index in [0.717, 1.165) is 66.6 Å². The molecule has 0 saturated carbocycles. The van der Waals surface area contributed by atoms with E-state index in [9.17, 15) is 0 Å². The van der Waals surface area contributed by atoms with Gasteiger partial charge in [0.15, 0.2) is 0 Å². The van der Waals surface area contributed by atoms with Crippen molar-refractivity contribution in [3.63, 3.8) is 0 Å². The van der Waals surface area contributed by atoms with Crippen LogP contribution in [0, 0.1) is 0 Å². The van der Waals surface area contributed by atoms with Gasteiger partial charge in [0.2, 0.25) is 0 Å². The molecule has 1 aromatic heterocycles. The number of halogens is 1. The molecule has 5 nitrogen and oxygen atoms in total. The molecule has 0 unspecified atom stereocenters. The predicted octanol–water partition coefficient (Wildman–Crippen LogP) is 5.59. The third-order valence-corrected chi connectivity index (χ3v) is 6.29. The van der Waals surface area contributed by atoms with E-state index in [-0.39, 0.29) is 0 Å². The number of ether oxygens (including phenoxy) is 1. The van der Waals surface area contributed by atoms with E-state index >= 15 is 0 Å². The van der Waals surface area contributed by atoms with Crippen molar-refractivity contribution in [2.75, 3.05) is 32.8 Å². The third-order valence-electron chi connectivity index (χ3n) is 6.04. The summed E-state index contributed by atoms with van der Waals surface area (Å²) in [5.74, 6) is 1.72. The van der Waals surface area contributed by atoms with Crippen LogP contribution in [0.2, 0.25) is 5.02 Å². The molecule has 0 bridgehead atoms. The summed E-state index contributed by atoms with van der Waals surface area (Å²) in [6.45, 7) is 9.54. The lowest BCUT2D eigenvalue weighted by Gasteiger charge is -2.37. The fourth-order valence-corrected chi connectivity index (χ4v) is 4.28. The van der Waals surface area contributed by atoms with Crippen molar-refractivity contribution >= 4 is 22.6 Å². The van der Waals surface area contributed by atoms with Crippen molar-refractivity contribution in [3.05, 3.63) is 95.7 Å². The van der Waals surface area contributed by atoms with Gasteiger partial charge in [-0.3, -0.25) is 4.90 Å². The highest BCUT2D eigenvalue weighted by molar-refractivity contribution is 6.30. The molecule has 0 spiro atoms. The van der Waals surface area contributed by atoms with E-state index in [1.807, 2.05) is 42.5 Å². The number of aromatic nitrogens is 2. The van der Waals surface area contributed by atoms with Gasteiger partial charge in [0, 0.05) is 49.0 Å². The molecular formula is C27H27ClN4O. The van der Waals surface area contributed by atoms with E-state index in [1.54, 1.807) is 0 Å². The number of H-pyrrole nitrogens is 1. The topological polar surface area (TPSA) is 44.4 Å². The highest BCUT2D eigenvalue weighted by atomic mass is 35.5. The van der Waals surface area contributed by atoms with Gasteiger partial charge >= 0.3 is 0 Å². The first-order valence-corrected chi connectivity index (χ1v) is 11.6. The summed E-state index contributed by atoms with van der Waals surface area (Å²) in [4.78, 5) is 13.0. The number of rotatable bonds is 7. The second-order valence-electron chi connectivity index (χ2n) is 8.37. The second-order valence-corrected chi connectivity index (χ2v) is 8.81. The molecule has 1 saturated heterocycles. The Kier molecular flexibility index (Phi) is 6.33. The fraction of sp³-hybridized carbons (Fsp3) is 0.222. The molecule has 4 aromatic rings. The van der Waals surface area contributed by atoms with Crippen molar-refractivity contribution < 1.29 is 4.74 Å². The quantitative estimate of drug-likeness (QED) is 0.392. The molecule has 3 aromatic carbocycles. The van der Waals surface area contributed by atoms with Crippen LogP contribution in [-0.2, 0) is 6.54 Å². The maximum Gasteiger partial charge on any atom is 0.138 e. The van der Waals surface area contributed by atoms with Gasteiger partial charge in [-0.05, 0) is 42.0 Å². The number of nitrogens with zero attached hydrogens (tertiary/aromatic N) is 3. The zero-order valence-electron chi connectivity index (χ0n) is 18.5. The highest BCUT2D eigenvalue weighted by Crippen LogP contribution is 2.22. The van der Waals surface area contributed by atoms with Gasteiger partial charge < -0.3 is 14.6 Å². The SMILES string of the molecule is C=C(COc1ccc(Cl)cc1)N1CCN(Cc2ccc3nc(-c4ccccc4)[nH]c3c2)CC1. The lowest BCUT2D eigenvalue weighted by molar-refractivity contribution is 0.142. The van der Waals surface area contributed by atoms with Crippen molar-refractivity contribution in [3.8, 4) is 17.1 Å². The maximum absolute atomic E-state index is 5.93. The van der Waals surface area contributed by atoms with Gasteiger partial charge in [-0.15, -0.1) is 0 Å². The highest BCUT2D eigenvalue weighted by Gasteiger charge is 2.18. The van der Waals surface area contributed by atoms with Gasteiger partial charge in [-0.2, -0.15) is 0 Å². The number of nitrogens with one attached hydrogen (secondary N) is 1. The minimum Gasteiger partial charge on any atom is -0.487 e. The van der Waals surface area contributed by atoms with Crippen molar-refractivity contribution in [1.29, 1.82) is 0 Å². The van der Waals surface area contributed by atoms with Crippen molar-refractivity contribution in [2.24, 2.45) is 0 Å². The third kappa shape index (κ3) is 5.21. The number of benzene rings is 3. The number of hydrogen-bond donors (Lipinski definition) is 1. The molecule has 1 fully saturated rings. The van der Waals surface area contributed by atoms with E-state index in [0.29, 0.717) is 11.6 Å². The minimum absolute atomic E-state index is 0.488. The molecule has 1 aliphatic rings. The molecule has 168 valence electrons. The van der Waals surface area contributed by atoms with Crippen molar-refractivity contribution in [2.45, 2.75) is 6.54 Å². The fourth-order valence-electron chi connectivity index (χ4n) is 4.16. The van der Waals surface area contributed by atoms with Crippen LogP contribution in [0.15, 0.2) is 85.1 Å². The molecule has 33 heavy (non-hydrogen) atoms. The Morgan fingerprint density at radius 2 is 1.73 bits per heavy atom. The van der Waals surface area contributed by atoms with E-state index in [2.05, 4.69) is 51.7 Å². The van der Waals surface area contributed by atoms with Gasteiger partial charge in [-0.25, -0.2) is 4.98 Å². The normalized spacial score (nSPS) is 14.5. The van der Waals surface area contributed by atoms with Crippen LogP contribution in [-0.4, -0.2) is 52.6 Å². The van der Waals surface area contributed by atoms with Gasteiger partial charge in [0.25, 0.3) is 0 Å². The molecule has 2 heterocycles. The molecule has 0 amide bonds. The lowest BCUT2D eigenvalue weighted by Crippen LogP contribution is -2.45. The van der Waals surface area contributed by atoms with E-state index in [4.69, 9.17) is 21.3 Å². The molecule has 1 aliphatic heterocycles. The first kappa shape index (κ1) is 21.6. The number of imidazole rings is 1. The predicted molar refractivity (Wildman–Crippen MR) is 134 cm³/mol. The molecule has 0 radical (unpaired) electrons. The summed E-state index contributed by atoms with van der Waals surface area (Å²) in [5, 5.41) is 0.709. The Balaban J connectivity index is 1.14. The summed E-state index contributed by atoms with van der Waals surface area (Å²) >= 11 is 5.93. The Labute approximate surface area is 199 Å². The smallest absolute Gasteiger partial charge is 0.138 e. The summed E-state index contributed by atoms with van der Waals surface area (Å²) in [5.41, 5.74) is 5.49. The first-order chi connectivity index (χ1) is 16.1. The molecule has 0 aliphatic carbocycles. The van der Waals surface area contributed by atoms with Crippen LogP contribution >= 0.6 is 11.6 Å². The zero-order chi connectivity index (χ0) is 22.6. The van der Waals surface area contributed by atoms with Crippen LogP contribution in [0.1, 0.15) is 5.56 Å². The van der Waals surface area contributed by atoms with Gasteiger partial charge in [0.1, 0.15) is 18.2 Å².